The third kappa shape index (κ3) is 53.6. The number of quaternary nitrogens is 1. The number of hydrogen-bond donors (Lipinski definition) is 1. The summed E-state index contributed by atoms with van der Waals surface area (Å²) < 4.78 is 22.7. The zero-order valence-electron chi connectivity index (χ0n) is 45.8. The van der Waals surface area contributed by atoms with Gasteiger partial charge in [-0.1, -0.05) is 220 Å². The van der Waals surface area contributed by atoms with Crippen LogP contribution < -0.4 is 0 Å². The van der Waals surface area contributed by atoms with Crippen LogP contribution in [0, 0.1) is 0 Å². The number of likely N-dealkylation sites (N-methyl/N-ethyl adjacent to an activating group) is 1. The molecule has 0 aliphatic rings. The van der Waals surface area contributed by atoms with Gasteiger partial charge < -0.3 is 28.5 Å². The lowest BCUT2D eigenvalue weighted by Gasteiger charge is -2.25. The zero-order chi connectivity index (χ0) is 52.0. The van der Waals surface area contributed by atoms with Crippen LogP contribution in [0.3, 0.4) is 0 Å². The fourth-order valence-corrected chi connectivity index (χ4v) is 7.24. The average molecular weight is 992 g/mol. The van der Waals surface area contributed by atoms with E-state index in [1.54, 1.807) is 0 Å². The lowest BCUT2D eigenvalue weighted by atomic mass is 10.1. The quantitative estimate of drug-likeness (QED) is 0.0211. The molecule has 0 aliphatic heterocycles. The highest BCUT2D eigenvalue weighted by Crippen LogP contribution is 2.14. The Morgan fingerprint density at radius 3 is 1.20 bits per heavy atom. The minimum atomic E-state index is -1.51. The van der Waals surface area contributed by atoms with Gasteiger partial charge in [-0.25, -0.2) is 4.79 Å². The molecule has 2 unspecified atom stereocenters. The van der Waals surface area contributed by atoms with Crippen molar-refractivity contribution in [1.29, 1.82) is 0 Å². The SMILES string of the molecule is CC/C=C\C/C=C\C/C=C\C/C=C\C/C=C\C/C=C\C/C=C\C/C=C\C/C=C\CCCCCCCCCCCC(=O)OC(COC(=O)CCCCCCCCCCC)COC(OCC[N+](C)(C)C)C(=O)O. The van der Waals surface area contributed by atoms with Crippen molar-refractivity contribution in [1.82, 2.24) is 0 Å². The topological polar surface area (TPSA) is 108 Å². The van der Waals surface area contributed by atoms with Gasteiger partial charge >= 0.3 is 17.9 Å². The van der Waals surface area contributed by atoms with Gasteiger partial charge in [0.05, 0.1) is 34.4 Å². The Morgan fingerprint density at radius 1 is 0.437 bits per heavy atom. The van der Waals surface area contributed by atoms with Gasteiger partial charge in [0.25, 0.3) is 6.29 Å². The Bertz CT molecular complexity index is 1530. The van der Waals surface area contributed by atoms with E-state index in [0.717, 1.165) is 103 Å². The van der Waals surface area contributed by atoms with Crippen molar-refractivity contribution in [2.24, 2.45) is 0 Å². The number of hydrogen-bond acceptors (Lipinski definition) is 7. The van der Waals surface area contributed by atoms with Gasteiger partial charge in [-0.15, -0.1) is 0 Å². The van der Waals surface area contributed by atoms with Crippen LogP contribution in [-0.2, 0) is 33.3 Å². The molecule has 0 heterocycles. The molecule has 0 radical (unpaired) electrons. The van der Waals surface area contributed by atoms with Crippen LogP contribution in [0.5, 0.6) is 0 Å². The number of unbranched alkanes of at least 4 members (excludes halogenated alkanes) is 17. The summed E-state index contributed by atoms with van der Waals surface area (Å²) >= 11 is 0. The molecular formula is C62H104NO8+. The third-order valence-corrected chi connectivity index (χ3v) is 11.5. The Morgan fingerprint density at radius 2 is 0.803 bits per heavy atom. The van der Waals surface area contributed by atoms with Crippen molar-refractivity contribution >= 4 is 17.9 Å². The predicted molar refractivity (Wildman–Crippen MR) is 299 cm³/mol. The number of carbonyl (C=O) groups excluding carboxylic acids is 2. The van der Waals surface area contributed by atoms with E-state index in [-0.39, 0.29) is 32.2 Å². The van der Waals surface area contributed by atoms with Gasteiger partial charge in [-0.2, -0.15) is 0 Å². The van der Waals surface area contributed by atoms with E-state index in [0.29, 0.717) is 23.9 Å². The summed E-state index contributed by atoms with van der Waals surface area (Å²) in [6.45, 7) is 4.71. The second-order valence-corrected chi connectivity index (χ2v) is 19.5. The molecule has 0 bridgehead atoms. The highest BCUT2D eigenvalue weighted by molar-refractivity contribution is 5.71. The normalized spacial score (nSPS) is 13.6. The fourth-order valence-electron chi connectivity index (χ4n) is 7.24. The minimum absolute atomic E-state index is 0.183. The van der Waals surface area contributed by atoms with Crippen LogP contribution in [0.4, 0.5) is 0 Å². The zero-order valence-corrected chi connectivity index (χ0v) is 45.8. The van der Waals surface area contributed by atoms with E-state index in [1.165, 1.54) is 70.6 Å². The first kappa shape index (κ1) is 67.0. The summed E-state index contributed by atoms with van der Waals surface area (Å²) in [7, 11) is 5.95. The smallest absolute Gasteiger partial charge is 0.361 e. The predicted octanol–water partition coefficient (Wildman–Crippen LogP) is 16.3. The first-order chi connectivity index (χ1) is 34.6. The van der Waals surface area contributed by atoms with Gasteiger partial charge in [-0.05, 0) is 83.5 Å². The second kappa shape index (κ2) is 52.3. The van der Waals surface area contributed by atoms with E-state index >= 15 is 0 Å². The molecule has 0 spiro atoms. The number of esters is 2. The van der Waals surface area contributed by atoms with Crippen LogP contribution in [0.1, 0.15) is 206 Å². The molecule has 71 heavy (non-hydrogen) atoms. The Hall–Kier alpha value is -4.05. The molecule has 9 nitrogen and oxygen atoms in total. The molecule has 0 amide bonds. The molecule has 0 aromatic rings. The third-order valence-electron chi connectivity index (χ3n) is 11.5. The Kier molecular flexibility index (Phi) is 49.3. The van der Waals surface area contributed by atoms with E-state index in [1.807, 2.05) is 21.1 Å². The van der Waals surface area contributed by atoms with Crippen molar-refractivity contribution in [2.45, 2.75) is 219 Å². The van der Waals surface area contributed by atoms with Gasteiger partial charge in [0.1, 0.15) is 13.2 Å². The summed E-state index contributed by atoms with van der Waals surface area (Å²) in [6, 6.07) is 0. The number of allylic oxidation sites excluding steroid dienone is 18. The van der Waals surface area contributed by atoms with Crippen LogP contribution in [0.2, 0.25) is 0 Å². The molecule has 9 heteroatoms. The molecule has 0 rings (SSSR count). The molecule has 1 N–H and O–H groups in total. The Balaban J connectivity index is 4.13. The van der Waals surface area contributed by atoms with Crippen molar-refractivity contribution < 1.29 is 42.9 Å². The summed E-state index contributed by atoms with van der Waals surface area (Å²) in [4.78, 5) is 37.2. The largest absolute Gasteiger partial charge is 0.477 e. The van der Waals surface area contributed by atoms with Gasteiger partial charge in [-0.3, -0.25) is 9.59 Å². The lowest BCUT2D eigenvalue weighted by Crippen LogP contribution is -2.40. The number of aliphatic carboxylic acids is 1. The molecule has 2 atom stereocenters. The van der Waals surface area contributed by atoms with Gasteiger partial charge in [0.2, 0.25) is 0 Å². The van der Waals surface area contributed by atoms with Gasteiger partial charge in [0.15, 0.2) is 6.10 Å². The standard InChI is InChI=1S/C62H103NO8/c1-6-8-10-12-14-16-17-18-19-20-21-22-23-24-25-26-27-28-29-30-31-32-33-34-35-36-37-38-39-40-41-42-43-45-47-49-51-53-60(65)71-58(57-70-62(61(66)67)68-55-54-63(3,4)5)56-69-59(64)52-50-48-46-44-15-13-11-9-7-2/h8,10,14,16,18-19,21-22,24-25,27-28,30-31,33-34,36-37,58,62H,6-7,9,11-13,15,17,20,23,26,29,32,35,38-57H2,1-5H3/p+1/b10-8-,16-14-,19-18-,22-21-,25-24-,28-27-,31-30-,34-33-,37-36-. The monoisotopic (exact) mass is 991 g/mol. The maximum absolute atomic E-state index is 12.8. The lowest BCUT2D eigenvalue weighted by molar-refractivity contribution is -0.870. The first-order valence-electron chi connectivity index (χ1n) is 28.1. The van der Waals surface area contributed by atoms with Gasteiger partial charge in [0, 0.05) is 12.8 Å². The maximum Gasteiger partial charge on any atom is 0.361 e. The molecule has 0 aromatic carbocycles. The molecule has 404 valence electrons. The number of rotatable bonds is 50. The first-order valence-corrected chi connectivity index (χ1v) is 28.1. The van der Waals surface area contributed by atoms with Crippen LogP contribution >= 0.6 is 0 Å². The van der Waals surface area contributed by atoms with Crippen LogP contribution in [0.25, 0.3) is 0 Å². The number of ether oxygens (including phenoxy) is 4. The summed E-state index contributed by atoms with van der Waals surface area (Å²) in [5.74, 6) is -2.03. The van der Waals surface area contributed by atoms with Crippen LogP contribution in [-0.4, -0.2) is 87.4 Å². The molecule has 0 aromatic heterocycles. The van der Waals surface area contributed by atoms with E-state index in [9.17, 15) is 19.5 Å². The number of carboxylic acid groups (broad SMARTS) is 1. The highest BCUT2D eigenvalue weighted by Gasteiger charge is 2.25. The number of carbonyl (C=O) groups is 3. The Labute approximate surface area is 434 Å². The van der Waals surface area contributed by atoms with E-state index in [2.05, 4.69) is 123 Å². The van der Waals surface area contributed by atoms with E-state index in [4.69, 9.17) is 18.9 Å². The minimum Gasteiger partial charge on any atom is -0.477 e. The maximum atomic E-state index is 12.8. The summed E-state index contributed by atoms with van der Waals surface area (Å²) in [5.41, 5.74) is 0. The molecule has 0 fully saturated rings. The number of nitrogens with zero attached hydrogens (tertiary/aromatic N) is 1. The van der Waals surface area contributed by atoms with Crippen LogP contribution in [0.15, 0.2) is 109 Å². The van der Waals surface area contributed by atoms with Crippen molar-refractivity contribution in [3.63, 3.8) is 0 Å². The van der Waals surface area contributed by atoms with Crippen molar-refractivity contribution in [3.05, 3.63) is 109 Å². The average Bonchev–Trinajstić information content (AvgIpc) is 3.34. The molecule has 0 saturated heterocycles. The van der Waals surface area contributed by atoms with E-state index < -0.39 is 24.3 Å². The fraction of sp³-hybridized carbons (Fsp3) is 0.661. The molecular weight excluding hydrogens is 887 g/mol. The molecule has 0 saturated carbocycles. The van der Waals surface area contributed by atoms with Crippen molar-refractivity contribution in [2.75, 3.05) is 47.5 Å². The number of carboxylic acids is 1. The van der Waals surface area contributed by atoms with Crippen molar-refractivity contribution in [3.8, 4) is 0 Å². The highest BCUT2D eigenvalue weighted by atomic mass is 16.7. The summed E-state index contributed by atoms with van der Waals surface area (Å²) in [5, 5.41) is 9.65. The summed E-state index contributed by atoms with van der Waals surface area (Å²) in [6.07, 6.45) is 69.0. The molecule has 0 aliphatic carbocycles. The second-order valence-electron chi connectivity index (χ2n) is 19.5.